The van der Waals surface area contributed by atoms with E-state index in [0.717, 1.165) is 30.9 Å². The maximum Gasteiger partial charge on any atom is 0.255 e. The minimum atomic E-state index is -0.0469. The Kier molecular flexibility index (Phi) is 4.94. The van der Waals surface area contributed by atoms with Gasteiger partial charge in [-0.3, -0.25) is 4.79 Å². The number of pyridine rings is 1. The van der Waals surface area contributed by atoms with E-state index in [9.17, 15) is 4.79 Å². The molecular weight excluding hydrogens is 360 g/mol. The summed E-state index contributed by atoms with van der Waals surface area (Å²) in [5, 5.41) is 10.9. The van der Waals surface area contributed by atoms with Crippen LogP contribution in [0.25, 0.3) is 0 Å². The van der Waals surface area contributed by atoms with Crippen LogP contribution < -0.4 is 0 Å². The van der Waals surface area contributed by atoms with Crippen molar-refractivity contribution in [1.29, 1.82) is 5.26 Å². The van der Waals surface area contributed by atoms with Crippen molar-refractivity contribution < 1.29 is 4.79 Å². The van der Waals surface area contributed by atoms with Gasteiger partial charge in [0.25, 0.3) is 5.91 Å². The maximum absolute atomic E-state index is 12.8. The highest BCUT2D eigenvalue weighted by atomic mass is 32.1. The van der Waals surface area contributed by atoms with Crippen molar-refractivity contribution in [2.75, 3.05) is 13.1 Å². The summed E-state index contributed by atoms with van der Waals surface area (Å²) in [6.45, 7) is 2.05. The van der Waals surface area contributed by atoms with Gasteiger partial charge in [-0.15, -0.1) is 11.3 Å². The van der Waals surface area contributed by atoms with Gasteiger partial charge in [-0.05, 0) is 25.0 Å². The molecule has 4 rings (SSSR count). The van der Waals surface area contributed by atoms with Gasteiger partial charge in [0.1, 0.15) is 17.6 Å². The fourth-order valence-electron chi connectivity index (χ4n) is 3.45. The largest absolute Gasteiger partial charge is 0.338 e. The maximum atomic E-state index is 12.8. The van der Waals surface area contributed by atoms with Crippen molar-refractivity contribution >= 4 is 17.2 Å². The lowest BCUT2D eigenvalue weighted by Gasteiger charge is -2.32. The van der Waals surface area contributed by atoms with Gasteiger partial charge in [-0.1, -0.05) is 0 Å². The summed E-state index contributed by atoms with van der Waals surface area (Å²) in [6, 6.07) is 5.22. The molecular formula is C19H18N6OS. The Morgan fingerprint density at radius 3 is 3.00 bits per heavy atom. The Hall–Kier alpha value is -3.05. The van der Waals surface area contributed by atoms with Gasteiger partial charge in [0.05, 0.1) is 23.3 Å². The molecule has 1 amide bonds. The first-order chi connectivity index (χ1) is 13.2. The quantitative estimate of drug-likeness (QED) is 0.696. The van der Waals surface area contributed by atoms with Gasteiger partial charge in [0, 0.05) is 43.0 Å². The first kappa shape index (κ1) is 17.4. The highest BCUT2D eigenvalue weighted by molar-refractivity contribution is 7.07. The molecule has 0 unspecified atom stereocenters. The van der Waals surface area contributed by atoms with Crippen molar-refractivity contribution in [2.24, 2.45) is 0 Å². The summed E-state index contributed by atoms with van der Waals surface area (Å²) >= 11 is 1.58. The van der Waals surface area contributed by atoms with E-state index in [4.69, 9.17) is 5.26 Å². The Bertz CT molecular complexity index is 957. The van der Waals surface area contributed by atoms with E-state index in [0.29, 0.717) is 24.3 Å². The molecule has 27 heavy (non-hydrogen) atoms. The van der Waals surface area contributed by atoms with Crippen LogP contribution in [0.1, 0.15) is 46.3 Å². The number of piperidine rings is 1. The number of thiazole rings is 1. The average molecular weight is 378 g/mol. The summed E-state index contributed by atoms with van der Waals surface area (Å²) in [5.41, 5.74) is 3.68. The molecule has 1 atom stereocenters. The summed E-state index contributed by atoms with van der Waals surface area (Å²) in [7, 11) is 0. The Morgan fingerprint density at radius 1 is 1.33 bits per heavy atom. The minimum absolute atomic E-state index is 0.0469. The van der Waals surface area contributed by atoms with Gasteiger partial charge in [0.15, 0.2) is 0 Å². The van der Waals surface area contributed by atoms with Gasteiger partial charge in [-0.2, -0.15) is 5.26 Å². The third-order valence-electron chi connectivity index (χ3n) is 4.76. The van der Waals surface area contributed by atoms with Gasteiger partial charge in [-0.25, -0.2) is 15.0 Å². The molecule has 0 bridgehead atoms. The Morgan fingerprint density at radius 2 is 2.26 bits per heavy atom. The zero-order chi connectivity index (χ0) is 18.6. The number of nitrogens with zero attached hydrogens (tertiary/aromatic N) is 6. The molecule has 0 saturated carbocycles. The standard InChI is InChI=1S/C19H18N6OS/c20-8-16-4-3-14(9-22-16)19(26)25-6-1-2-15(10-25)18-21-5-7-24(18)11-17-12-27-13-23-17/h3-5,7,9,12-13,15H,1-2,6,10-11H2/t15-/m1/s1. The number of carbonyl (C=O) groups is 1. The molecule has 8 heteroatoms. The van der Waals surface area contributed by atoms with E-state index in [1.165, 1.54) is 6.20 Å². The third-order valence-corrected chi connectivity index (χ3v) is 5.40. The molecule has 1 saturated heterocycles. The number of likely N-dealkylation sites (tertiary alicyclic amines) is 1. The lowest BCUT2D eigenvalue weighted by molar-refractivity contribution is 0.0703. The van der Waals surface area contributed by atoms with Crippen LogP contribution in [0.2, 0.25) is 0 Å². The summed E-state index contributed by atoms with van der Waals surface area (Å²) in [4.78, 5) is 27.6. The van der Waals surface area contributed by atoms with Crippen molar-refractivity contribution in [2.45, 2.75) is 25.3 Å². The number of rotatable bonds is 4. The second kappa shape index (κ2) is 7.68. The van der Waals surface area contributed by atoms with Crippen LogP contribution in [0.15, 0.2) is 41.6 Å². The van der Waals surface area contributed by atoms with E-state index in [2.05, 4.69) is 19.5 Å². The fraction of sp³-hybridized carbons (Fsp3) is 0.316. The van der Waals surface area contributed by atoms with Crippen LogP contribution >= 0.6 is 11.3 Å². The molecule has 4 heterocycles. The first-order valence-corrected chi connectivity index (χ1v) is 9.72. The van der Waals surface area contributed by atoms with Gasteiger partial charge in [0.2, 0.25) is 0 Å². The monoisotopic (exact) mass is 378 g/mol. The molecule has 7 nitrogen and oxygen atoms in total. The third kappa shape index (κ3) is 3.73. The van der Waals surface area contributed by atoms with Crippen molar-refractivity contribution in [3.63, 3.8) is 0 Å². The highest BCUT2D eigenvalue weighted by Gasteiger charge is 2.28. The number of carbonyl (C=O) groups excluding carboxylic acids is 1. The van der Waals surface area contributed by atoms with Crippen molar-refractivity contribution in [3.8, 4) is 6.07 Å². The normalized spacial score (nSPS) is 16.9. The van der Waals surface area contributed by atoms with Crippen LogP contribution in [-0.4, -0.2) is 43.4 Å². The van der Waals surface area contributed by atoms with Gasteiger partial charge >= 0.3 is 0 Å². The molecule has 0 aromatic carbocycles. The molecule has 0 aliphatic carbocycles. The molecule has 1 aliphatic heterocycles. The zero-order valence-corrected chi connectivity index (χ0v) is 15.5. The predicted octanol–water partition coefficient (Wildman–Crippen LogP) is 2.67. The zero-order valence-electron chi connectivity index (χ0n) is 14.7. The number of amides is 1. The molecule has 1 fully saturated rings. The summed E-state index contributed by atoms with van der Waals surface area (Å²) < 4.78 is 2.12. The Labute approximate surface area is 160 Å². The highest BCUT2D eigenvalue weighted by Crippen LogP contribution is 2.27. The lowest BCUT2D eigenvalue weighted by Crippen LogP contribution is -2.39. The SMILES string of the molecule is N#Cc1ccc(C(=O)N2CCC[C@@H](c3nccn3Cc3cscn3)C2)cn1. The first-order valence-electron chi connectivity index (χ1n) is 8.78. The molecule has 3 aromatic heterocycles. The van der Waals surface area contributed by atoms with Crippen LogP contribution in [0.5, 0.6) is 0 Å². The number of hydrogen-bond donors (Lipinski definition) is 0. The smallest absolute Gasteiger partial charge is 0.255 e. The van der Waals surface area contributed by atoms with E-state index in [-0.39, 0.29) is 11.8 Å². The Balaban J connectivity index is 1.49. The number of hydrogen-bond acceptors (Lipinski definition) is 6. The van der Waals surface area contributed by atoms with Crippen LogP contribution in [-0.2, 0) is 6.54 Å². The van der Waals surface area contributed by atoms with Crippen molar-refractivity contribution in [1.82, 2.24) is 24.4 Å². The number of aromatic nitrogens is 4. The second-order valence-electron chi connectivity index (χ2n) is 6.53. The summed E-state index contributed by atoms with van der Waals surface area (Å²) in [5.74, 6) is 1.15. The lowest BCUT2D eigenvalue weighted by atomic mass is 9.96. The second-order valence-corrected chi connectivity index (χ2v) is 7.25. The number of imidazole rings is 1. The number of nitriles is 1. The van der Waals surface area contributed by atoms with E-state index < -0.39 is 0 Å². The molecule has 0 N–H and O–H groups in total. The molecule has 3 aromatic rings. The van der Waals surface area contributed by atoms with E-state index >= 15 is 0 Å². The van der Waals surface area contributed by atoms with E-state index in [1.54, 1.807) is 23.5 Å². The van der Waals surface area contributed by atoms with Crippen molar-refractivity contribution in [3.05, 3.63) is 64.4 Å². The van der Waals surface area contributed by atoms with E-state index in [1.807, 2.05) is 34.3 Å². The van der Waals surface area contributed by atoms with Crippen LogP contribution in [0.4, 0.5) is 0 Å². The molecule has 0 spiro atoms. The summed E-state index contributed by atoms with van der Waals surface area (Å²) in [6.07, 6.45) is 7.20. The average Bonchev–Trinajstić information content (AvgIpc) is 3.40. The molecule has 136 valence electrons. The minimum Gasteiger partial charge on any atom is -0.338 e. The molecule has 1 aliphatic rings. The van der Waals surface area contributed by atoms with Gasteiger partial charge < -0.3 is 9.47 Å². The fourth-order valence-corrected chi connectivity index (χ4v) is 4.00. The molecule has 0 radical (unpaired) electrons. The predicted molar refractivity (Wildman–Crippen MR) is 100 cm³/mol. The topological polar surface area (TPSA) is 87.7 Å². The van der Waals surface area contributed by atoms with Crippen LogP contribution in [0.3, 0.4) is 0 Å². The van der Waals surface area contributed by atoms with Crippen LogP contribution in [0, 0.1) is 11.3 Å².